The zero-order valence-corrected chi connectivity index (χ0v) is 17.7. The summed E-state index contributed by atoms with van der Waals surface area (Å²) < 4.78 is 49.6. The van der Waals surface area contributed by atoms with Gasteiger partial charge >= 0.3 is 0 Å². The molecular weight excluding hydrogens is 449 g/mol. The summed E-state index contributed by atoms with van der Waals surface area (Å²) in [6, 6.07) is 8.72. The van der Waals surface area contributed by atoms with Crippen LogP contribution in [0, 0.1) is 0 Å². The van der Waals surface area contributed by atoms with Crippen LogP contribution in [0.1, 0.15) is 12.5 Å². The fraction of sp³-hybridized carbons (Fsp3) is 0.188. The Morgan fingerprint density at radius 1 is 1.04 bits per heavy atom. The largest absolute Gasteiger partial charge is 0.351 e. The van der Waals surface area contributed by atoms with Crippen molar-refractivity contribution in [2.24, 2.45) is 5.14 Å². The van der Waals surface area contributed by atoms with Crippen LogP contribution in [0.2, 0.25) is 10.0 Å². The predicted octanol–water partition coefficient (Wildman–Crippen LogP) is 1.62. The lowest BCUT2D eigenvalue weighted by Crippen LogP contribution is -2.44. The van der Waals surface area contributed by atoms with Crippen LogP contribution in [0.5, 0.6) is 0 Å². The Morgan fingerprint density at radius 2 is 1.57 bits per heavy atom. The molecule has 0 bridgehead atoms. The monoisotopic (exact) mass is 465 g/mol. The van der Waals surface area contributed by atoms with E-state index < -0.39 is 32.0 Å². The summed E-state index contributed by atoms with van der Waals surface area (Å²) in [6.07, 6.45) is 0. The van der Waals surface area contributed by atoms with Crippen molar-refractivity contribution in [1.29, 1.82) is 0 Å². The highest BCUT2D eigenvalue weighted by molar-refractivity contribution is 7.90. The van der Waals surface area contributed by atoms with Crippen molar-refractivity contribution in [3.63, 3.8) is 0 Å². The van der Waals surface area contributed by atoms with Gasteiger partial charge in [0.2, 0.25) is 26.0 Å². The van der Waals surface area contributed by atoms with E-state index in [4.69, 9.17) is 28.3 Å². The first-order chi connectivity index (χ1) is 12.9. The van der Waals surface area contributed by atoms with Crippen LogP contribution in [-0.4, -0.2) is 28.8 Å². The van der Waals surface area contributed by atoms with Gasteiger partial charge in [-0.25, -0.2) is 22.0 Å². The molecule has 2 aromatic carbocycles. The fourth-order valence-electron chi connectivity index (χ4n) is 2.22. The standard InChI is InChI=1S/C16H17Cl2N3O5S2/c1-10(21-28(25,26)15-13(17)3-2-4-14(15)18)16(22)20-9-11-5-7-12(8-6-11)27(19,23)24/h2-8,10,21H,9H2,1H3,(H,20,22)(H2,19,23,24). The zero-order chi connectivity index (χ0) is 21.1. The molecule has 0 saturated heterocycles. The highest BCUT2D eigenvalue weighted by Crippen LogP contribution is 2.28. The molecule has 152 valence electrons. The Labute approximate surface area is 173 Å². The van der Waals surface area contributed by atoms with Crippen LogP contribution >= 0.6 is 23.2 Å². The summed E-state index contributed by atoms with van der Waals surface area (Å²) in [7, 11) is -7.93. The third kappa shape index (κ3) is 5.66. The van der Waals surface area contributed by atoms with Gasteiger partial charge in [-0.2, -0.15) is 4.72 Å². The molecule has 0 fully saturated rings. The van der Waals surface area contributed by atoms with E-state index in [1.165, 1.54) is 49.4 Å². The predicted molar refractivity (Wildman–Crippen MR) is 106 cm³/mol. The lowest BCUT2D eigenvalue weighted by atomic mass is 10.2. The summed E-state index contributed by atoms with van der Waals surface area (Å²) in [5, 5.41) is 7.43. The second-order valence-electron chi connectivity index (χ2n) is 5.80. The van der Waals surface area contributed by atoms with E-state index >= 15 is 0 Å². The molecule has 0 spiro atoms. The number of amides is 1. The molecule has 0 heterocycles. The molecule has 1 amide bonds. The number of carbonyl (C=O) groups excluding carboxylic acids is 1. The normalized spacial score (nSPS) is 13.1. The van der Waals surface area contributed by atoms with Crippen LogP contribution < -0.4 is 15.2 Å². The van der Waals surface area contributed by atoms with Gasteiger partial charge in [0, 0.05) is 6.54 Å². The van der Waals surface area contributed by atoms with Crippen molar-refractivity contribution >= 4 is 49.2 Å². The van der Waals surface area contributed by atoms with E-state index in [1.54, 1.807) is 0 Å². The van der Waals surface area contributed by atoms with Crippen molar-refractivity contribution in [1.82, 2.24) is 10.0 Å². The van der Waals surface area contributed by atoms with Gasteiger partial charge in [0.15, 0.2) is 0 Å². The number of benzene rings is 2. The van der Waals surface area contributed by atoms with E-state index in [0.29, 0.717) is 5.56 Å². The molecule has 8 nitrogen and oxygen atoms in total. The minimum atomic E-state index is -4.13. The zero-order valence-electron chi connectivity index (χ0n) is 14.5. The second-order valence-corrected chi connectivity index (χ2v) is 9.83. The molecule has 0 aliphatic heterocycles. The number of sulfonamides is 2. The molecule has 1 atom stereocenters. The second kappa shape index (κ2) is 8.76. The molecule has 2 aromatic rings. The first-order valence-electron chi connectivity index (χ1n) is 7.77. The average Bonchev–Trinajstić information content (AvgIpc) is 2.58. The molecule has 0 aliphatic carbocycles. The number of hydrogen-bond donors (Lipinski definition) is 3. The SMILES string of the molecule is CC(NS(=O)(=O)c1c(Cl)cccc1Cl)C(=O)NCc1ccc(S(N)(=O)=O)cc1. The first-order valence-corrected chi connectivity index (χ1v) is 11.6. The lowest BCUT2D eigenvalue weighted by molar-refractivity contribution is -0.122. The maximum Gasteiger partial charge on any atom is 0.244 e. The van der Waals surface area contributed by atoms with Crippen molar-refractivity contribution < 1.29 is 21.6 Å². The average molecular weight is 466 g/mol. The maximum atomic E-state index is 12.5. The van der Waals surface area contributed by atoms with Gasteiger partial charge in [0.25, 0.3) is 0 Å². The van der Waals surface area contributed by atoms with Gasteiger partial charge in [-0.05, 0) is 36.8 Å². The number of hydrogen-bond acceptors (Lipinski definition) is 5. The Kier molecular flexibility index (Phi) is 7.07. The highest BCUT2D eigenvalue weighted by atomic mass is 35.5. The van der Waals surface area contributed by atoms with E-state index in [1.807, 2.05) is 0 Å². The smallest absolute Gasteiger partial charge is 0.244 e. The van der Waals surface area contributed by atoms with Crippen molar-refractivity contribution in [2.75, 3.05) is 0 Å². The van der Waals surface area contributed by atoms with E-state index in [0.717, 1.165) is 0 Å². The van der Waals surface area contributed by atoms with Gasteiger partial charge in [0.1, 0.15) is 4.90 Å². The van der Waals surface area contributed by atoms with Gasteiger partial charge in [-0.1, -0.05) is 41.4 Å². The topological polar surface area (TPSA) is 135 Å². The molecule has 2 rings (SSSR count). The molecule has 0 aliphatic rings. The lowest BCUT2D eigenvalue weighted by Gasteiger charge is -2.16. The molecule has 0 aromatic heterocycles. The van der Waals surface area contributed by atoms with E-state index in [9.17, 15) is 21.6 Å². The summed E-state index contributed by atoms with van der Waals surface area (Å²) in [4.78, 5) is 11.8. The minimum absolute atomic E-state index is 0.0553. The van der Waals surface area contributed by atoms with Crippen molar-refractivity contribution in [3.8, 4) is 0 Å². The molecule has 1 unspecified atom stereocenters. The Balaban J connectivity index is 2.03. The minimum Gasteiger partial charge on any atom is -0.351 e. The summed E-state index contributed by atoms with van der Waals surface area (Å²) in [5.41, 5.74) is 0.602. The Morgan fingerprint density at radius 3 is 2.07 bits per heavy atom. The van der Waals surface area contributed by atoms with E-state index in [2.05, 4.69) is 10.0 Å². The highest BCUT2D eigenvalue weighted by Gasteiger charge is 2.26. The van der Waals surface area contributed by atoms with Gasteiger partial charge in [-0.15, -0.1) is 0 Å². The number of nitrogens with two attached hydrogens (primary N) is 1. The summed E-state index contributed by atoms with van der Waals surface area (Å²) in [5.74, 6) is -0.595. The number of nitrogens with one attached hydrogen (secondary N) is 2. The van der Waals surface area contributed by atoms with Crippen LogP contribution in [-0.2, 0) is 31.4 Å². The molecular formula is C16H17Cl2N3O5S2. The van der Waals surface area contributed by atoms with Gasteiger partial charge in [0.05, 0.1) is 21.0 Å². The van der Waals surface area contributed by atoms with Crippen LogP contribution in [0.4, 0.5) is 0 Å². The van der Waals surface area contributed by atoms with E-state index in [-0.39, 0.29) is 26.4 Å². The number of rotatable bonds is 7. The first kappa shape index (κ1) is 22.6. The number of primary sulfonamides is 1. The Hall–Kier alpha value is -1.69. The van der Waals surface area contributed by atoms with Crippen LogP contribution in [0.25, 0.3) is 0 Å². The maximum absolute atomic E-state index is 12.5. The molecule has 0 radical (unpaired) electrons. The fourth-order valence-corrected chi connectivity index (χ4v) is 5.09. The van der Waals surface area contributed by atoms with Crippen molar-refractivity contribution in [3.05, 3.63) is 58.1 Å². The van der Waals surface area contributed by atoms with Crippen LogP contribution in [0.3, 0.4) is 0 Å². The summed E-state index contributed by atoms with van der Waals surface area (Å²) >= 11 is 11.8. The third-order valence-corrected chi connectivity index (χ3v) is 7.06. The molecule has 28 heavy (non-hydrogen) atoms. The van der Waals surface area contributed by atoms with Crippen LogP contribution in [0.15, 0.2) is 52.3 Å². The van der Waals surface area contributed by atoms with Crippen molar-refractivity contribution in [2.45, 2.75) is 29.3 Å². The molecule has 12 heteroatoms. The summed E-state index contributed by atoms with van der Waals surface area (Å²) in [6.45, 7) is 1.42. The van der Waals surface area contributed by atoms with Gasteiger partial charge < -0.3 is 5.32 Å². The quantitative estimate of drug-likeness (QED) is 0.570. The molecule has 4 N–H and O–H groups in total. The third-order valence-electron chi connectivity index (χ3n) is 3.63. The number of halogens is 2. The Bertz CT molecular complexity index is 1070. The molecule has 0 saturated carbocycles. The van der Waals surface area contributed by atoms with Gasteiger partial charge in [-0.3, -0.25) is 4.79 Å². The number of carbonyl (C=O) groups is 1.